The Balaban J connectivity index is 2.87. The van der Waals surface area contributed by atoms with Crippen LogP contribution in [0.2, 0.25) is 0 Å². The topological polar surface area (TPSA) is 45.9 Å². The van der Waals surface area contributed by atoms with E-state index in [-0.39, 0.29) is 0 Å². The molecule has 1 aromatic rings. The lowest BCUT2D eigenvalue weighted by Crippen LogP contribution is -1.87. The van der Waals surface area contributed by atoms with E-state index in [4.69, 9.17) is 10.00 Å². The molecule has 0 bridgehead atoms. The number of rotatable bonds is 3. The third kappa shape index (κ3) is 2.60. The third-order valence-electron chi connectivity index (χ3n) is 1.43. The highest BCUT2D eigenvalue weighted by Gasteiger charge is 1.99. The molecule has 0 saturated carbocycles. The lowest BCUT2D eigenvalue weighted by Gasteiger charge is -1.97. The molecule has 0 aliphatic carbocycles. The van der Waals surface area contributed by atoms with Crippen LogP contribution in [0, 0.1) is 11.3 Å². The molecule has 0 aliphatic heterocycles. The fourth-order valence-corrected chi connectivity index (χ4v) is 0.833. The van der Waals surface area contributed by atoms with Gasteiger partial charge in [-0.05, 0) is 19.1 Å². The zero-order valence-electron chi connectivity index (χ0n) is 7.40. The molecule has 0 amide bonds. The van der Waals surface area contributed by atoms with Crippen molar-refractivity contribution < 1.29 is 4.74 Å². The molecule has 13 heavy (non-hydrogen) atoms. The second-order valence-corrected chi connectivity index (χ2v) is 2.31. The molecule has 0 saturated heterocycles. The van der Waals surface area contributed by atoms with Crippen LogP contribution in [0.3, 0.4) is 0 Å². The summed E-state index contributed by atoms with van der Waals surface area (Å²) >= 11 is 0. The first-order valence-electron chi connectivity index (χ1n) is 4.01. The highest BCUT2D eigenvalue weighted by atomic mass is 16.5. The second-order valence-electron chi connectivity index (χ2n) is 2.31. The highest BCUT2D eigenvalue weighted by molar-refractivity contribution is 5.73. The molecular weight excluding hydrogens is 164 g/mol. The van der Waals surface area contributed by atoms with Gasteiger partial charge in [-0.3, -0.25) is 4.98 Å². The monoisotopic (exact) mass is 174 g/mol. The van der Waals surface area contributed by atoms with Crippen molar-refractivity contribution in [1.29, 1.82) is 5.26 Å². The van der Waals surface area contributed by atoms with Crippen LogP contribution in [0.4, 0.5) is 0 Å². The molecule has 66 valence electrons. The maximum atomic E-state index is 8.77. The fraction of sp³-hybridized carbons (Fsp3) is 0.200. The minimum Gasteiger partial charge on any atom is -0.500 e. The summed E-state index contributed by atoms with van der Waals surface area (Å²) in [6.45, 7) is 2.42. The third-order valence-corrected chi connectivity index (χ3v) is 1.43. The van der Waals surface area contributed by atoms with Gasteiger partial charge in [0.1, 0.15) is 17.9 Å². The van der Waals surface area contributed by atoms with Gasteiger partial charge in [-0.25, -0.2) is 0 Å². The van der Waals surface area contributed by atoms with Crippen molar-refractivity contribution in [2.75, 3.05) is 6.61 Å². The van der Waals surface area contributed by atoms with E-state index < -0.39 is 0 Å². The minimum absolute atomic E-state index is 0.447. The molecule has 0 atom stereocenters. The standard InChI is InChI=1S/C10H10N2O/c1-2-13-8-9(7-11)10-5-3-4-6-12-10/h3-6,8H,2H2,1H3. The first-order chi connectivity index (χ1) is 6.38. The maximum absolute atomic E-state index is 8.77. The Morgan fingerprint density at radius 3 is 3.08 bits per heavy atom. The van der Waals surface area contributed by atoms with Gasteiger partial charge in [-0.15, -0.1) is 0 Å². The number of ether oxygens (including phenoxy) is 1. The van der Waals surface area contributed by atoms with E-state index in [1.54, 1.807) is 18.3 Å². The van der Waals surface area contributed by atoms with E-state index in [1.807, 2.05) is 19.1 Å². The Labute approximate surface area is 77.3 Å². The van der Waals surface area contributed by atoms with Gasteiger partial charge in [0.05, 0.1) is 12.3 Å². The number of nitriles is 1. The van der Waals surface area contributed by atoms with Crippen LogP contribution in [0.15, 0.2) is 30.7 Å². The van der Waals surface area contributed by atoms with E-state index in [1.165, 1.54) is 6.26 Å². The van der Waals surface area contributed by atoms with Gasteiger partial charge < -0.3 is 4.74 Å². The molecule has 0 radical (unpaired) electrons. The van der Waals surface area contributed by atoms with Crippen LogP contribution in [0.1, 0.15) is 12.6 Å². The van der Waals surface area contributed by atoms with E-state index >= 15 is 0 Å². The molecule has 0 aliphatic rings. The lowest BCUT2D eigenvalue weighted by molar-refractivity contribution is 0.271. The summed E-state index contributed by atoms with van der Waals surface area (Å²) in [6, 6.07) is 7.44. The maximum Gasteiger partial charge on any atom is 0.112 e. The summed E-state index contributed by atoms with van der Waals surface area (Å²) in [5.41, 5.74) is 1.08. The van der Waals surface area contributed by atoms with Gasteiger partial charge in [0.15, 0.2) is 0 Å². The molecule has 3 heteroatoms. The number of hydrogen-bond donors (Lipinski definition) is 0. The zero-order valence-corrected chi connectivity index (χ0v) is 7.40. The predicted molar refractivity (Wildman–Crippen MR) is 49.5 cm³/mol. The Morgan fingerprint density at radius 2 is 2.54 bits per heavy atom. The van der Waals surface area contributed by atoms with Crippen molar-refractivity contribution in [3.8, 4) is 6.07 Å². The highest BCUT2D eigenvalue weighted by Crippen LogP contribution is 2.09. The SMILES string of the molecule is CCOC=C(C#N)c1ccccn1. The van der Waals surface area contributed by atoms with Crippen molar-refractivity contribution >= 4 is 5.57 Å². The number of pyridine rings is 1. The Hall–Kier alpha value is -1.82. The zero-order chi connectivity index (χ0) is 9.52. The predicted octanol–water partition coefficient (Wildman–Crippen LogP) is 1.98. The van der Waals surface area contributed by atoms with Crippen LogP contribution in [0.25, 0.3) is 5.57 Å². The molecule has 1 aromatic heterocycles. The van der Waals surface area contributed by atoms with E-state index in [9.17, 15) is 0 Å². The van der Waals surface area contributed by atoms with Crippen LogP contribution >= 0.6 is 0 Å². The number of aromatic nitrogens is 1. The van der Waals surface area contributed by atoms with Crippen LogP contribution in [-0.4, -0.2) is 11.6 Å². The Kier molecular flexibility index (Phi) is 3.52. The molecule has 1 rings (SSSR count). The van der Waals surface area contributed by atoms with Crippen molar-refractivity contribution in [1.82, 2.24) is 4.98 Å². The molecule has 0 N–H and O–H groups in total. The van der Waals surface area contributed by atoms with Crippen LogP contribution < -0.4 is 0 Å². The van der Waals surface area contributed by atoms with Gasteiger partial charge in [0.25, 0.3) is 0 Å². The quantitative estimate of drug-likeness (QED) is 0.520. The van der Waals surface area contributed by atoms with Crippen molar-refractivity contribution in [3.05, 3.63) is 36.4 Å². The normalized spacial score (nSPS) is 10.6. The van der Waals surface area contributed by atoms with E-state index in [2.05, 4.69) is 4.98 Å². The van der Waals surface area contributed by atoms with Gasteiger partial charge in [-0.2, -0.15) is 5.26 Å². The molecule has 0 spiro atoms. The number of hydrogen-bond acceptors (Lipinski definition) is 3. The second kappa shape index (κ2) is 4.94. The number of nitrogens with zero attached hydrogens (tertiary/aromatic N) is 2. The summed E-state index contributed by atoms with van der Waals surface area (Å²) < 4.78 is 5.02. The van der Waals surface area contributed by atoms with Gasteiger partial charge >= 0.3 is 0 Å². The average Bonchev–Trinajstić information content (AvgIpc) is 2.21. The summed E-state index contributed by atoms with van der Waals surface area (Å²) in [6.07, 6.45) is 3.08. The summed E-state index contributed by atoms with van der Waals surface area (Å²) in [5, 5.41) is 8.77. The molecule has 1 heterocycles. The summed E-state index contributed by atoms with van der Waals surface area (Å²) in [4.78, 5) is 4.03. The van der Waals surface area contributed by atoms with Gasteiger partial charge in [0, 0.05) is 6.20 Å². The van der Waals surface area contributed by atoms with Gasteiger partial charge in [0.2, 0.25) is 0 Å². The molecule has 0 fully saturated rings. The summed E-state index contributed by atoms with van der Waals surface area (Å²) in [7, 11) is 0. The van der Waals surface area contributed by atoms with Crippen molar-refractivity contribution in [2.24, 2.45) is 0 Å². The first-order valence-corrected chi connectivity index (χ1v) is 4.01. The minimum atomic E-state index is 0.447. The molecular formula is C10H10N2O. The number of allylic oxidation sites excluding steroid dienone is 1. The van der Waals surface area contributed by atoms with Crippen LogP contribution in [0.5, 0.6) is 0 Å². The summed E-state index contributed by atoms with van der Waals surface area (Å²) in [5.74, 6) is 0. The first kappa shape index (κ1) is 9.27. The van der Waals surface area contributed by atoms with E-state index in [0.717, 1.165) is 0 Å². The Morgan fingerprint density at radius 1 is 1.69 bits per heavy atom. The van der Waals surface area contributed by atoms with Crippen molar-refractivity contribution in [3.63, 3.8) is 0 Å². The largest absolute Gasteiger partial charge is 0.500 e. The molecule has 0 unspecified atom stereocenters. The Bertz CT molecular complexity index is 325. The van der Waals surface area contributed by atoms with Crippen LogP contribution in [-0.2, 0) is 4.74 Å². The van der Waals surface area contributed by atoms with E-state index in [0.29, 0.717) is 17.9 Å². The average molecular weight is 174 g/mol. The smallest absolute Gasteiger partial charge is 0.112 e. The fourth-order valence-electron chi connectivity index (χ4n) is 0.833. The van der Waals surface area contributed by atoms with Crippen molar-refractivity contribution in [2.45, 2.75) is 6.92 Å². The molecule has 0 aromatic carbocycles. The lowest BCUT2D eigenvalue weighted by atomic mass is 10.2. The molecule has 3 nitrogen and oxygen atoms in total. The van der Waals surface area contributed by atoms with Gasteiger partial charge in [-0.1, -0.05) is 6.07 Å².